The van der Waals surface area contributed by atoms with Gasteiger partial charge in [0.2, 0.25) is 5.91 Å². The fraction of sp³-hybridized carbons (Fsp3) is 0.316. The largest absolute Gasteiger partial charge is 0.494 e. The quantitative estimate of drug-likeness (QED) is 0.452. The van der Waals surface area contributed by atoms with Gasteiger partial charge in [0.05, 0.1) is 29.0 Å². The first-order valence-corrected chi connectivity index (χ1v) is 8.98. The van der Waals surface area contributed by atoms with E-state index < -0.39 is 4.92 Å². The summed E-state index contributed by atoms with van der Waals surface area (Å²) < 4.78 is 5.16. The van der Waals surface area contributed by atoms with Gasteiger partial charge in [0.15, 0.2) is 0 Å². The number of nitro benzene ring substituents is 1. The van der Waals surface area contributed by atoms with Crippen molar-refractivity contribution in [1.82, 2.24) is 0 Å². The number of non-ortho nitro benzene ring substituents is 1. The topological polar surface area (TPSA) is 81.5 Å². The van der Waals surface area contributed by atoms with Crippen LogP contribution in [0.4, 0.5) is 11.4 Å². The smallest absolute Gasteiger partial charge is 0.273 e. The molecule has 138 valence electrons. The molecule has 0 heterocycles. The molecule has 1 N–H and O–H groups in total. The van der Waals surface area contributed by atoms with Crippen LogP contribution in [0.5, 0.6) is 5.75 Å². The van der Waals surface area contributed by atoms with E-state index in [2.05, 4.69) is 17.4 Å². The first kappa shape index (κ1) is 19.8. The average Bonchev–Trinajstić information content (AvgIpc) is 2.57. The van der Waals surface area contributed by atoms with Crippen molar-refractivity contribution in [3.8, 4) is 5.75 Å². The van der Waals surface area contributed by atoms with Crippen molar-refractivity contribution in [2.75, 3.05) is 12.4 Å². The lowest BCUT2D eigenvalue weighted by atomic mass is 10.1. The summed E-state index contributed by atoms with van der Waals surface area (Å²) in [5.74, 6) is 0.0639. The summed E-state index contributed by atoms with van der Waals surface area (Å²) in [7, 11) is 1.41. The van der Waals surface area contributed by atoms with Crippen molar-refractivity contribution in [2.45, 2.75) is 37.8 Å². The van der Waals surface area contributed by atoms with Crippen molar-refractivity contribution in [3.63, 3.8) is 0 Å². The number of benzene rings is 2. The molecule has 0 aliphatic heterocycles. The normalized spacial score (nSPS) is 11.7. The molecule has 7 heteroatoms. The maximum atomic E-state index is 12.6. The Morgan fingerprint density at radius 3 is 2.35 bits per heavy atom. The van der Waals surface area contributed by atoms with Crippen LogP contribution >= 0.6 is 11.8 Å². The van der Waals surface area contributed by atoms with Crippen molar-refractivity contribution in [2.24, 2.45) is 0 Å². The van der Waals surface area contributed by atoms with E-state index in [1.165, 1.54) is 42.6 Å². The first-order valence-electron chi connectivity index (χ1n) is 8.10. The molecule has 2 aromatic carbocycles. The number of anilines is 1. The molecule has 0 bridgehead atoms. The van der Waals surface area contributed by atoms with Crippen molar-refractivity contribution in [3.05, 3.63) is 57.1 Å². The Morgan fingerprint density at radius 1 is 1.19 bits per heavy atom. The summed E-state index contributed by atoms with van der Waals surface area (Å²) in [5.41, 5.74) is 3.79. The number of nitrogens with one attached hydrogen (secondary N) is 1. The van der Waals surface area contributed by atoms with Crippen LogP contribution in [0, 0.1) is 30.9 Å². The average molecular weight is 374 g/mol. The van der Waals surface area contributed by atoms with Crippen LogP contribution < -0.4 is 10.1 Å². The maximum absolute atomic E-state index is 12.6. The Labute approximate surface area is 157 Å². The van der Waals surface area contributed by atoms with E-state index in [9.17, 15) is 14.9 Å². The number of aryl methyl sites for hydroxylation is 3. The van der Waals surface area contributed by atoms with Crippen molar-refractivity contribution < 1.29 is 14.5 Å². The zero-order chi connectivity index (χ0) is 19.4. The zero-order valence-corrected chi connectivity index (χ0v) is 16.3. The number of methoxy groups -OCH3 is 1. The summed E-state index contributed by atoms with van der Waals surface area (Å²) in [4.78, 5) is 24.0. The number of nitrogens with zero attached hydrogens (tertiary/aromatic N) is 1. The molecule has 2 rings (SSSR count). The van der Waals surface area contributed by atoms with Crippen LogP contribution in [0.2, 0.25) is 0 Å². The Kier molecular flexibility index (Phi) is 6.26. The molecular formula is C19H22N2O4S. The predicted octanol–water partition coefficient (Wildman–Crippen LogP) is 4.65. The fourth-order valence-corrected chi connectivity index (χ4v) is 3.72. The lowest BCUT2D eigenvalue weighted by Crippen LogP contribution is -2.23. The second-order valence-electron chi connectivity index (χ2n) is 6.12. The monoisotopic (exact) mass is 374 g/mol. The van der Waals surface area contributed by atoms with E-state index in [-0.39, 0.29) is 22.6 Å². The second kappa shape index (κ2) is 8.23. The van der Waals surface area contributed by atoms with Crippen molar-refractivity contribution >= 4 is 29.0 Å². The predicted molar refractivity (Wildman–Crippen MR) is 104 cm³/mol. The molecule has 0 aromatic heterocycles. The summed E-state index contributed by atoms with van der Waals surface area (Å²) in [6, 6.07) is 8.30. The van der Waals surface area contributed by atoms with Gasteiger partial charge in [-0.1, -0.05) is 17.7 Å². The lowest BCUT2D eigenvalue weighted by Gasteiger charge is -2.17. The number of amides is 1. The molecule has 0 radical (unpaired) electrons. The van der Waals surface area contributed by atoms with Gasteiger partial charge in [-0.25, -0.2) is 0 Å². The molecule has 26 heavy (non-hydrogen) atoms. The molecule has 0 saturated heterocycles. The highest BCUT2D eigenvalue weighted by Gasteiger charge is 2.19. The molecule has 1 amide bonds. The third-order valence-electron chi connectivity index (χ3n) is 3.92. The summed E-state index contributed by atoms with van der Waals surface area (Å²) in [6.07, 6.45) is 0. The summed E-state index contributed by atoms with van der Waals surface area (Å²) >= 11 is 1.49. The van der Waals surface area contributed by atoms with Gasteiger partial charge in [-0.15, -0.1) is 11.8 Å². The highest BCUT2D eigenvalue weighted by molar-refractivity contribution is 8.00. The third-order valence-corrected chi connectivity index (χ3v) is 5.37. The summed E-state index contributed by atoms with van der Waals surface area (Å²) in [6.45, 7) is 7.95. The number of carbonyl (C=O) groups is 1. The van der Waals surface area contributed by atoms with Gasteiger partial charge < -0.3 is 10.1 Å². The van der Waals surface area contributed by atoms with Crippen molar-refractivity contribution in [1.29, 1.82) is 0 Å². The van der Waals surface area contributed by atoms with E-state index >= 15 is 0 Å². The molecule has 0 unspecified atom stereocenters. The summed E-state index contributed by atoms with van der Waals surface area (Å²) in [5, 5.41) is 13.3. The van der Waals surface area contributed by atoms with Crippen LogP contribution in [-0.2, 0) is 4.79 Å². The Bertz CT molecular complexity index is 828. The molecule has 2 aromatic rings. The van der Waals surface area contributed by atoms with Crippen LogP contribution in [0.1, 0.15) is 23.6 Å². The maximum Gasteiger partial charge on any atom is 0.273 e. The van der Waals surface area contributed by atoms with Gasteiger partial charge in [0, 0.05) is 11.0 Å². The SMILES string of the molecule is COc1cc([N+](=O)[O-])ccc1NC(=O)[C@H](C)Sc1c(C)cc(C)cc1C. The van der Waals surface area contributed by atoms with E-state index in [1.54, 1.807) is 0 Å². The number of hydrogen-bond donors (Lipinski definition) is 1. The van der Waals surface area contributed by atoms with Gasteiger partial charge in [-0.3, -0.25) is 14.9 Å². The van der Waals surface area contributed by atoms with Gasteiger partial charge in [0.25, 0.3) is 5.69 Å². The van der Waals surface area contributed by atoms with Gasteiger partial charge >= 0.3 is 0 Å². The molecule has 0 spiro atoms. The van der Waals surface area contributed by atoms with Gasteiger partial charge in [-0.2, -0.15) is 0 Å². The molecule has 1 atom stereocenters. The second-order valence-corrected chi connectivity index (χ2v) is 7.47. The van der Waals surface area contributed by atoms with E-state index in [1.807, 2.05) is 27.7 Å². The molecule has 6 nitrogen and oxygen atoms in total. The highest BCUT2D eigenvalue weighted by Crippen LogP contribution is 2.33. The number of nitro groups is 1. The van der Waals surface area contributed by atoms with Gasteiger partial charge in [-0.05, 0) is 44.9 Å². The third kappa shape index (κ3) is 4.54. The van der Waals surface area contributed by atoms with Crippen LogP contribution in [0.15, 0.2) is 35.2 Å². The number of hydrogen-bond acceptors (Lipinski definition) is 5. The molecule has 0 saturated carbocycles. The Hall–Kier alpha value is -2.54. The molecule has 0 aliphatic carbocycles. The minimum absolute atomic E-state index is 0.0897. The Balaban J connectivity index is 2.16. The standard InChI is InChI=1S/C19H22N2O4S/c1-11-8-12(2)18(13(3)9-11)26-14(4)19(22)20-16-7-6-15(21(23)24)10-17(16)25-5/h6-10,14H,1-5H3,(H,20,22)/t14-/m0/s1. The zero-order valence-electron chi connectivity index (χ0n) is 15.5. The first-order chi connectivity index (χ1) is 12.2. The minimum atomic E-state index is -0.504. The minimum Gasteiger partial charge on any atom is -0.494 e. The number of rotatable bonds is 6. The van der Waals surface area contributed by atoms with E-state index in [0.29, 0.717) is 5.69 Å². The van der Waals surface area contributed by atoms with E-state index in [4.69, 9.17) is 4.74 Å². The highest BCUT2D eigenvalue weighted by atomic mass is 32.2. The molecular weight excluding hydrogens is 352 g/mol. The number of thioether (sulfide) groups is 1. The number of carbonyl (C=O) groups excluding carboxylic acids is 1. The molecule has 0 fully saturated rings. The van der Waals surface area contributed by atoms with Crippen LogP contribution in [-0.4, -0.2) is 23.2 Å². The molecule has 0 aliphatic rings. The number of ether oxygens (including phenoxy) is 1. The van der Waals surface area contributed by atoms with Crippen LogP contribution in [0.3, 0.4) is 0 Å². The van der Waals surface area contributed by atoms with Crippen LogP contribution in [0.25, 0.3) is 0 Å². The lowest BCUT2D eigenvalue weighted by molar-refractivity contribution is -0.384. The fourth-order valence-electron chi connectivity index (χ4n) is 2.71. The van der Waals surface area contributed by atoms with E-state index in [0.717, 1.165) is 16.0 Å². The Morgan fingerprint density at radius 2 is 1.81 bits per heavy atom. The van der Waals surface area contributed by atoms with Gasteiger partial charge in [0.1, 0.15) is 5.75 Å².